The Morgan fingerprint density at radius 1 is 1.12 bits per heavy atom. The normalized spacial score (nSPS) is 29.9. The van der Waals surface area contributed by atoms with Crippen molar-refractivity contribution in [3.8, 4) is 0 Å². The second-order valence-electron chi connectivity index (χ2n) is 10.6. The lowest BCUT2D eigenvalue weighted by atomic mass is 9.58. The first-order valence-electron chi connectivity index (χ1n) is 12.3. The van der Waals surface area contributed by atoms with Crippen molar-refractivity contribution in [2.45, 2.75) is 43.2 Å². The zero-order chi connectivity index (χ0) is 23.2. The Morgan fingerprint density at radius 3 is 2.32 bits per heavy atom. The van der Waals surface area contributed by atoms with Gasteiger partial charge in [0, 0.05) is 48.5 Å². The van der Waals surface area contributed by atoms with Gasteiger partial charge in [0.2, 0.25) is 5.91 Å². The van der Waals surface area contributed by atoms with Crippen LogP contribution in [0.4, 0.5) is 4.79 Å². The molecule has 0 unspecified atom stereocenters. The number of amides is 3. The van der Waals surface area contributed by atoms with Gasteiger partial charge in [-0.15, -0.1) is 0 Å². The number of hydrogen-bond acceptors (Lipinski definition) is 4. The van der Waals surface area contributed by atoms with Crippen molar-refractivity contribution in [1.29, 1.82) is 0 Å². The molecule has 4 aliphatic rings. The Labute approximate surface area is 205 Å². The molecule has 0 aromatic heterocycles. The fraction of sp³-hybridized carbons (Fsp3) is 0.680. The Bertz CT molecular complexity index is 920. The highest BCUT2D eigenvalue weighted by Gasteiger charge is 2.64. The van der Waals surface area contributed by atoms with Crippen molar-refractivity contribution < 1.29 is 19.3 Å². The molecule has 1 aromatic rings. The van der Waals surface area contributed by atoms with Crippen LogP contribution in [0.25, 0.3) is 0 Å². The lowest BCUT2D eigenvalue weighted by molar-refractivity contribution is -0.131. The molecular weight excluding hydrogens is 452 g/mol. The van der Waals surface area contributed by atoms with Gasteiger partial charge >= 0.3 is 6.03 Å². The van der Waals surface area contributed by atoms with Crippen LogP contribution in [0.3, 0.4) is 0 Å². The summed E-state index contributed by atoms with van der Waals surface area (Å²) >= 11 is 0. The summed E-state index contributed by atoms with van der Waals surface area (Å²) in [6.07, 6.45) is 5.43. The minimum Gasteiger partial charge on any atom is -0.412 e. The SMILES string of the molecule is CN(C)C1(c2ccccc2)CC2(CN(CC(=O)N3CCS(=O)CC3)C(=O)N2CC2CCC2)C1.O. The van der Waals surface area contributed by atoms with E-state index in [1.165, 1.54) is 24.8 Å². The van der Waals surface area contributed by atoms with Crippen molar-refractivity contribution in [3.05, 3.63) is 35.9 Å². The van der Waals surface area contributed by atoms with Gasteiger partial charge < -0.3 is 20.2 Å². The van der Waals surface area contributed by atoms with Crippen molar-refractivity contribution in [2.75, 3.05) is 58.3 Å². The summed E-state index contributed by atoms with van der Waals surface area (Å²) in [5, 5.41) is 0. The standard InChI is InChI=1S/C25H36N4O3S.H2O/c1-26(2)25(21-9-4-3-5-10-21)17-24(18-25)19-28(23(31)29(24)15-20-7-6-8-20)16-22(30)27-11-13-33(32)14-12-27;/h3-5,9-10,20H,6-8,11-19H2,1-2H3;1H2. The molecule has 2 saturated heterocycles. The Hall–Kier alpha value is -1.97. The molecule has 3 amide bonds. The number of carbonyl (C=O) groups excluding carboxylic acids is 2. The van der Waals surface area contributed by atoms with Crippen LogP contribution in [0.2, 0.25) is 0 Å². The zero-order valence-corrected chi connectivity index (χ0v) is 21.2. The van der Waals surface area contributed by atoms with Crippen LogP contribution in [0.15, 0.2) is 30.3 Å². The van der Waals surface area contributed by atoms with Gasteiger partial charge in [0.15, 0.2) is 0 Å². The van der Waals surface area contributed by atoms with Gasteiger partial charge in [-0.3, -0.25) is 13.9 Å². The first-order chi connectivity index (χ1) is 15.8. The number of nitrogens with zero attached hydrogens (tertiary/aromatic N) is 4. The van der Waals surface area contributed by atoms with Crippen molar-refractivity contribution in [2.24, 2.45) is 5.92 Å². The molecule has 34 heavy (non-hydrogen) atoms. The molecule has 0 bridgehead atoms. The van der Waals surface area contributed by atoms with E-state index in [0.29, 0.717) is 37.1 Å². The quantitative estimate of drug-likeness (QED) is 0.600. The predicted octanol–water partition coefficient (Wildman–Crippen LogP) is 1.28. The summed E-state index contributed by atoms with van der Waals surface area (Å²) in [6.45, 7) is 2.62. The monoisotopic (exact) mass is 490 g/mol. The Balaban J connectivity index is 0.00000274. The van der Waals surface area contributed by atoms with E-state index in [2.05, 4.69) is 48.2 Å². The molecule has 8 nitrogen and oxygen atoms in total. The molecule has 2 saturated carbocycles. The summed E-state index contributed by atoms with van der Waals surface area (Å²) in [6, 6.07) is 10.6. The largest absolute Gasteiger partial charge is 0.412 e. The molecule has 0 radical (unpaired) electrons. The van der Waals surface area contributed by atoms with E-state index in [1.807, 2.05) is 6.07 Å². The minimum absolute atomic E-state index is 0. The van der Waals surface area contributed by atoms with Crippen LogP contribution in [0.1, 0.15) is 37.7 Å². The number of urea groups is 1. The third kappa shape index (κ3) is 4.27. The van der Waals surface area contributed by atoms with Crippen LogP contribution >= 0.6 is 0 Å². The fourth-order valence-electron chi connectivity index (χ4n) is 6.23. The van der Waals surface area contributed by atoms with E-state index in [0.717, 1.165) is 19.4 Å². The van der Waals surface area contributed by atoms with Gasteiger partial charge in [-0.1, -0.05) is 36.8 Å². The first-order valence-corrected chi connectivity index (χ1v) is 13.7. The molecule has 2 aliphatic heterocycles. The number of hydrogen-bond donors (Lipinski definition) is 0. The van der Waals surface area contributed by atoms with Gasteiger partial charge in [0.05, 0.1) is 11.1 Å². The van der Waals surface area contributed by atoms with Gasteiger partial charge in [-0.05, 0) is 51.3 Å². The predicted molar refractivity (Wildman–Crippen MR) is 133 cm³/mol. The minimum atomic E-state index is -0.819. The molecule has 2 aliphatic carbocycles. The second-order valence-corrected chi connectivity index (χ2v) is 12.3. The molecule has 9 heteroatoms. The number of benzene rings is 1. The van der Waals surface area contributed by atoms with E-state index in [9.17, 15) is 13.8 Å². The van der Waals surface area contributed by atoms with E-state index in [4.69, 9.17) is 0 Å². The average molecular weight is 491 g/mol. The number of rotatable bonds is 6. The summed E-state index contributed by atoms with van der Waals surface area (Å²) < 4.78 is 11.7. The summed E-state index contributed by atoms with van der Waals surface area (Å²) in [5.74, 6) is 1.66. The molecule has 2 N–H and O–H groups in total. The highest BCUT2D eigenvalue weighted by molar-refractivity contribution is 7.85. The Morgan fingerprint density at radius 2 is 1.76 bits per heavy atom. The molecule has 1 spiro atoms. The van der Waals surface area contributed by atoms with Gasteiger partial charge in [-0.2, -0.15) is 0 Å². The third-order valence-electron chi connectivity index (χ3n) is 8.49. The van der Waals surface area contributed by atoms with E-state index in [-0.39, 0.29) is 35.0 Å². The lowest BCUT2D eigenvalue weighted by Crippen LogP contribution is -2.68. The highest BCUT2D eigenvalue weighted by Crippen LogP contribution is 2.57. The summed E-state index contributed by atoms with van der Waals surface area (Å²) in [7, 11) is 3.45. The maximum Gasteiger partial charge on any atom is 0.321 e. The first kappa shape index (κ1) is 25.1. The third-order valence-corrected chi connectivity index (χ3v) is 9.77. The lowest BCUT2D eigenvalue weighted by Gasteiger charge is -2.61. The number of carbonyl (C=O) groups is 2. The highest BCUT2D eigenvalue weighted by atomic mass is 32.2. The zero-order valence-electron chi connectivity index (χ0n) is 20.4. The van der Waals surface area contributed by atoms with Crippen LogP contribution in [-0.4, -0.2) is 105 Å². The molecule has 188 valence electrons. The maximum atomic E-state index is 13.6. The fourth-order valence-corrected chi connectivity index (χ4v) is 7.28. The van der Waals surface area contributed by atoms with Crippen LogP contribution in [0.5, 0.6) is 0 Å². The second kappa shape index (κ2) is 9.59. The molecule has 0 atom stereocenters. The molecule has 4 fully saturated rings. The van der Waals surface area contributed by atoms with E-state index < -0.39 is 10.8 Å². The molecule has 2 heterocycles. The molecule has 5 rings (SSSR count). The van der Waals surface area contributed by atoms with Crippen molar-refractivity contribution in [3.63, 3.8) is 0 Å². The topological polar surface area (TPSA) is 95.7 Å². The maximum absolute atomic E-state index is 13.6. The summed E-state index contributed by atoms with van der Waals surface area (Å²) in [5.41, 5.74) is 1.000. The molecule has 1 aromatic carbocycles. The van der Waals surface area contributed by atoms with Crippen LogP contribution < -0.4 is 0 Å². The van der Waals surface area contributed by atoms with Crippen molar-refractivity contribution >= 4 is 22.7 Å². The summed E-state index contributed by atoms with van der Waals surface area (Å²) in [4.78, 5) is 34.6. The average Bonchev–Trinajstić information content (AvgIpc) is 3.01. The van der Waals surface area contributed by atoms with E-state index >= 15 is 0 Å². The van der Waals surface area contributed by atoms with E-state index in [1.54, 1.807) is 9.80 Å². The van der Waals surface area contributed by atoms with Gasteiger partial charge in [0.1, 0.15) is 6.54 Å². The molecular formula is C25H38N4O4S. The van der Waals surface area contributed by atoms with Crippen LogP contribution in [0, 0.1) is 5.92 Å². The van der Waals surface area contributed by atoms with Gasteiger partial charge in [0.25, 0.3) is 0 Å². The van der Waals surface area contributed by atoms with Gasteiger partial charge in [-0.25, -0.2) is 4.79 Å². The van der Waals surface area contributed by atoms with Crippen molar-refractivity contribution in [1.82, 2.24) is 19.6 Å². The Kier molecular flexibility index (Phi) is 7.09. The van der Waals surface area contributed by atoms with Crippen LogP contribution in [-0.2, 0) is 21.1 Å². The smallest absolute Gasteiger partial charge is 0.321 e.